The van der Waals surface area contributed by atoms with Gasteiger partial charge >= 0.3 is 5.97 Å². The van der Waals surface area contributed by atoms with Crippen LogP contribution in [0.15, 0.2) is 143 Å². The molecule has 4 aromatic carbocycles. The number of hydrogen-bond acceptors (Lipinski definition) is 25. The number of ether oxygens (including phenoxy) is 4. The molecule has 644 valence electrons. The number of nitrogens with zero attached hydrogens (tertiary/aromatic N) is 5. The monoisotopic (exact) mass is 1730 g/mol. The van der Waals surface area contributed by atoms with Crippen molar-refractivity contribution in [1.82, 2.24) is 50.2 Å². The van der Waals surface area contributed by atoms with Gasteiger partial charge in [0.05, 0.1) is 60.6 Å². The summed E-state index contributed by atoms with van der Waals surface area (Å²) in [5.74, 6) is -3.55. The molecule has 0 unspecified atom stereocenters. The lowest BCUT2D eigenvalue weighted by molar-refractivity contribution is -0.139. The summed E-state index contributed by atoms with van der Waals surface area (Å²) in [4.78, 5) is 126. The SMILES string of the molecule is C=C[C@@H]1C[C@@]12NC(=O)[C@@H]1C[C@@H](Oc3cc(-c4csc(NC(C)C)n4)nc4cc(OC)ccc34)CN1C(=O)CCCCCCCCC(=O)Nc1ccccc1S(=O)(=O)NC2=O.C=C[C@@H]1C[C@]1(NC(=O)[C@@H]1C[C@@H](Oc2cc(-c3csc(NC(C)C)n3)nc3cc(OC)ccc23)CN1)C(=O)NS(=O)(=O)c1ccccc1NC(=O)CCCCCCCCC(=O)O. The molecule has 13 rings (SSSR count). The van der Waals surface area contributed by atoms with Crippen molar-refractivity contribution >= 4 is 133 Å². The summed E-state index contributed by atoms with van der Waals surface area (Å²) in [7, 11) is -5.86. The van der Waals surface area contributed by atoms with Gasteiger partial charge in [0, 0.05) is 115 Å². The lowest BCUT2D eigenvalue weighted by Gasteiger charge is -2.26. The fraction of sp³-hybridized carbons (Fsp3) is 0.442. The minimum atomic E-state index is -4.51. The first-order chi connectivity index (χ1) is 58.0. The highest BCUT2D eigenvalue weighted by molar-refractivity contribution is 7.90. The highest BCUT2D eigenvalue weighted by Gasteiger charge is 2.63. The van der Waals surface area contributed by atoms with Gasteiger partial charge in [0.25, 0.3) is 31.9 Å². The first kappa shape index (κ1) is 89.1. The Morgan fingerprint density at radius 3 is 1.83 bits per heavy atom. The number of para-hydroxylation sites is 2. The summed E-state index contributed by atoms with van der Waals surface area (Å²) >= 11 is 2.94. The number of benzene rings is 4. The zero-order valence-electron chi connectivity index (χ0n) is 68.5. The third-order valence-corrected chi connectivity index (χ3v) is 26.1. The van der Waals surface area contributed by atoms with Crippen molar-refractivity contribution in [2.75, 3.05) is 48.6 Å². The van der Waals surface area contributed by atoms with Gasteiger partial charge in [-0.25, -0.2) is 46.2 Å². The van der Waals surface area contributed by atoms with Crippen LogP contribution in [0.3, 0.4) is 0 Å². The fourth-order valence-electron chi connectivity index (χ4n) is 15.2. The predicted octanol–water partition coefficient (Wildman–Crippen LogP) is 12.2. The molecular formula is C86H104N14O17S4. The van der Waals surface area contributed by atoms with E-state index in [1.807, 2.05) is 87.0 Å². The van der Waals surface area contributed by atoms with Gasteiger partial charge in [-0.05, 0) is 115 Å². The van der Waals surface area contributed by atoms with Gasteiger partial charge in [-0.3, -0.25) is 38.4 Å². The maximum absolute atomic E-state index is 14.4. The van der Waals surface area contributed by atoms with E-state index in [4.69, 9.17) is 44.0 Å². The Morgan fingerprint density at radius 2 is 1.25 bits per heavy atom. The average Bonchev–Trinajstić information content (AvgIpc) is 1.58. The Labute approximate surface area is 711 Å². The lowest BCUT2D eigenvalue weighted by Crippen LogP contribution is -2.56. The normalized spacial score (nSPS) is 21.8. The number of fused-ring (bicyclic) bond motifs is 4. The molecule has 8 aromatic rings. The van der Waals surface area contributed by atoms with Crippen molar-refractivity contribution in [3.63, 3.8) is 0 Å². The van der Waals surface area contributed by atoms with Crippen molar-refractivity contribution in [1.29, 1.82) is 0 Å². The van der Waals surface area contributed by atoms with E-state index in [1.165, 1.54) is 76.1 Å². The summed E-state index contributed by atoms with van der Waals surface area (Å²) in [5.41, 5.74) is 0.629. The number of carbonyl (C=O) groups excluding carboxylic acids is 7. The molecule has 2 saturated heterocycles. The summed E-state index contributed by atoms with van der Waals surface area (Å²) in [5, 5.41) is 36.4. The van der Waals surface area contributed by atoms with Gasteiger partial charge in [0.2, 0.25) is 29.5 Å². The summed E-state index contributed by atoms with van der Waals surface area (Å²) < 4.78 is 83.3. The van der Waals surface area contributed by atoms with E-state index in [0.29, 0.717) is 94.4 Å². The van der Waals surface area contributed by atoms with E-state index in [9.17, 15) is 55.2 Å². The highest BCUT2D eigenvalue weighted by atomic mass is 32.2. The molecule has 4 aromatic heterocycles. The van der Waals surface area contributed by atoms with Gasteiger partial charge in [-0.2, -0.15) is 0 Å². The van der Waals surface area contributed by atoms with Crippen LogP contribution in [0.4, 0.5) is 21.6 Å². The van der Waals surface area contributed by atoms with E-state index >= 15 is 0 Å². The molecule has 35 heteroatoms. The zero-order valence-corrected chi connectivity index (χ0v) is 71.8. The summed E-state index contributed by atoms with van der Waals surface area (Å²) in [6.07, 6.45) is 12.2. The molecule has 10 N–H and O–H groups in total. The maximum Gasteiger partial charge on any atom is 0.303 e. The third-order valence-electron chi connectivity index (χ3n) is 21.7. The van der Waals surface area contributed by atoms with Crippen molar-refractivity contribution in [2.24, 2.45) is 11.8 Å². The van der Waals surface area contributed by atoms with E-state index in [1.54, 1.807) is 26.4 Å². The predicted molar refractivity (Wildman–Crippen MR) is 462 cm³/mol. The molecule has 31 nitrogen and oxygen atoms in total. The number of sulfonamides is 2. The maximum atomic E-state index is 14.4. The third kappa shape index (κ3) is 22.3. The van der Waals surface area contributed by atoms with Crippen molar-refractivity contribution in [2.45, 2.75) is 213 Å². The second-order valence-electron chi connectivity index (χ2n) is 31.5. The van der Waals surface area contributed by atoms with Crippen LogP contribution in [-0.2, 0) is 58.4 Å². The van der Waals surface area contributed by atoms with Crippen molar-refractivity contribution in [3.8, 4) is 45.8 Å². The minimum absolute atomic E-state index is 0.0181. The van der Waals surface area contributed by atoms with Crippen LogP contribution in [0, 0.1) is 11.8 Å². The number of anilines is 4. The number of pyridine rings is 2. The van der Waals surface area contributed by atoms with Crippen LogP contribution >= 0.6 is 22.7 Å². The quantitative estimate of drug-likeness (QED) is 0.0154. The number of unbranched alkanes of at least 4 members (excludes halogenated alkanes) is 5. The average molecular weight is 1730 g/mol. The molecule has 0 bridgehead atoms. The van der Waals surface area contributed by atoms with Gasteiger partial charge < -0.3 is 66.2 Å². The van der Waals surface area contributed by atoms with Crippen LogP contribution in [0.25, 0.3) is 44.6 Å². The van der Waals surface area contributed by atoms with Crippen LogP contribution in [0.1, 0.15) is 156 Å². The number of aromatic nitrogens is 4. The Hall–Kier alpha value is -11.1. The van der Waals surface area contributed by atoms with Crippen molar-refractivity contribution < 1.29 is 79.2 Å². The number of carboxylic acid groups (broad SMARTS) is 1. The highest BCUT2D eigenvalue weighted by Crippen LogP contribution is 2.47. The number of carboxylic acids is 1. The van der Waals surface area contributed by atoms with Gasteiger partial charge in [0.15, 0.2) is 10.3 Å². The standard InChI is InChI=1S/C43H53N7O9S2.C43H51N7O8S2/c1-5-27-23-43(27,41(55)50-61(56,57)37-15-13-12-14-31(37)47-38(51)16-10-8-6-7-9-11-17-39(52)53)49-40(54)34-21-29(24-44-34)59-36-22-33(35-25-60-42(48-35)45-26(2)3)46-32-20-28(58-4)18-19-30(32)36;1-5-27-23-43(27)41(54)49-60(55,56)37-15-13-12-14-31(37)46-38(51)16-10-8-6-7-9-11-17-39(52)50-24-29(21-35(50)40(53)48-43)58-36-22-33(34-25-59-42(47-34)44-26(2)3)45-32-20-28(57-4)18-19-30(32)36/h5,12-15,18-20,22,25-27,29,34,44H,1,6-11,16-17,21,23-24H2,2-4H3,(H,45,48)(H,47,51)(H,49,54)(H,50,55)(H,52,53);5,12-15,18-20,22,25-27,29,35H,1,6-11,16-17,21,23-24H2,2-4H3,(H,44,47)(H,46,51)(H,48,53)(H,49,54)/t27-,29-,34+,43-;27-,29-,35+,43-/m11/s1. The molecule has 1 spiro atoms. The number of amides is 7. The number of hydrogen-bond donors (Lipinski definition) is 10. The molecule has 5 aliphatic rings. The number of thiazole rings is 2. The number of rotatable bonds is 29. The number of carbonyl (C=O) groups is 8. The van der Waals surface area contributed by atoms with E-state index in [2.05, 4.69) is 59.8 Å². The molecule has 8 atom stereocenters. The summed E-state index contributed by atoms with van der Waals surface area (Å²) in [6, 6.07) is 24.9. The lowest BCUT2D eigenvalue weighted by atomic mass is 10.1. The van der Waals surface area contributed by atoms with E-state index in [-0.39, 0.29) is 109 Å². The second kappa shape index (κ2) is 39.6. The number of methoxy groups -OCH3 is 2. The first-order valence-electron chi connectivity index (χ1n) is 40.8. The van der Waals surface area contributed by atoms with Crippen LogP contribution < -0.4 is 65.6 Å². The smallest absolute Gasteiger partial charge is 0.303 e. The van der Waals surface area contributed by atoms with Crippen LogP contribution in [0.2, 0.25) is 0 Å². The molecule has 2 saturated carbocycles. The number of aliphatic carboxylic acids is 1. The summed E-state index contributed by atoms with van der Waals surface area (Å²) in [6.45, 7) is 16.2. The van der Waals surface area contributed by atoms with Gasteiger partial charge in [-0.1, -0.05) is 87.8 Å². The topological polar surface area (TPSA) is 425 Å². The minimum Gasteiger partial charge on any atom is -0.497 e. The Balaban J connectivity index is 0.000000222. The fourth-order valence-corrected chi connectivity index (χ4v) is 19.3. The first-order valence-corrected chi connectivity index (χ1v) is 45.6. The van der Waals surface area contributed by atoms with Gasteiger partial charge in [-0.15, -0.1) is 35.8 Å². The second-order valence-corrected chi connectivity index (χ2v) is 36.6. The molecule has 7 heterocycles. The number of nitrogens with one attached hydrogen (secondary N) is 9. The van der Waals surface area contributed by atoms with E-state index < -0.39 is 96.8 Å². The van der Waals surface area contributed by atoms with Crippen molar-refractivity contribution in [3.05, 3.63) is 133 Å². The van der Waals surface area contributed by atoms with Crippen LogP contribution in [0.5, 0.6) is 23.0 Å². The zero-order chi connectivity index (χ0) is 86.3. The van der Waals surface area contributed by atoms with Crippen LogP contribution in [-0.4, -0.2) is 169 Å². The molecule has 4 fully saturated rings. The Kier molecular flexibility index (Phi) is 29.2. The molecular weight excluding hydrogens is 1630 g/mol. The van der Waals surface area contributed by atoms with Gasteiger partial charge in [0.1, 0.15) is 73.5 Å². The molecule has 2 aliphatic carbocycles. The molecule has 121 heavy (non-hydrogen) atoms. The molecule has 0 radical (unpaired) electrons. The Morgan fingerprint density at radius 1 is 0.678 bits per heavy atom. The van der Waals surface area contributed by atoms with E-state index in [0.717, 1.165) is 67.0 Å². The molecule has 3 aliphatic heterocycles. The largest absolute Gasteiger partial charge is 0.497 e. The molecule has 7 amide bonds. The Bertz CT molecular complexity index is 5430.